The van der Waals surface area contributed by atoms with E-state index in [9.17, 15) is 4.79 Å². The summed E-state index contributed by atoms with van der Waals surface area (Å²) in [6.07, 6.45) is 11.5. The van der Waals surface area contributed by atoms with Crippen molar-refractivity contribution in [2.75, 3.05) is 0 Å². The zero-order chi connectivity index (χ0) is 13.2. The van der Waals surface area contributed by atoms with Gasteiger partial charge in [-0.25, -0.2) is 0 Å². The summed E-state index contributed by atoms with van der Waals surface area (Å²) < 4.78 is 5.61. The van der Waals surface area contributed by atoms with Crippen LogP contribution in [0.5, 0.6) is 0 Å². The molecule has 0 fully saturated rings. The molecule has 0 spiro atoms. The van der Waals surface area contributed by atoms with E-state index in [4.69, 9.17) is 4.42 Å². The molecule has 0 N–H and O–H groups in total. The molecule has 0 atom stereocenters. The largest absolute Gasteiger partial charge is 0.458 e. The number of unbranched alkanes of at least 4 members (excludes halogenated alkanes) is 5. The Morgan fingerprint density at radius 2 is 1.67 bits per heavy atom. The van der Waals surface area contributed by atoms with Gasteiger partial charge in [-0.3, -0.25) is 4.79 Å². The number of carbonyl (C=O) groups is 1. The maximum Gasteiger partial charge on any atom is 0.185 e. The highest BCUT2D eigenvalue weighted by Gasteiger charge is 2.10. The molecule has 0 aromatic carbocycles. The fourth-order valence-electron chi connectivity index (χ4n) is 2.25. The zero-order valence-corrected chi connectivity index (χ0v) is 11.8. The molecule has 1 heterocycles. The average molecular weight is 250 g/mol. The van der Waals surface area contributed by atoms with Crippen molar-refractivity contribution < 1.29 is 9.21 Å². The first-order valence-corrected chi connectivity index (χ1v) is 7.38. The van der Waals surface area contributed by atoms with Gasteiger partial charge in [0.15, 0.2) is 12.0 Å². The Labute approximate surface area is 111 Å². The molecule has 0 saturated carbocycles. The Morgan fingerprint density at radius 1 is 1.00 bits per heavy atom. The third kappa shape index (κ3) is 5.07. The summed E-state index contributed by atoms with van der Waals surface area (Å²) in [6.45, 7) is 4.42. The van der Waals surface area contributed by atoms with Gasteiger partial charge in [0.05, 0.1) is 0 Å². The lowest BCUT2D eigenvalue weighted by atomic mass is 10.0. The molecule has 0 unspecified atom stereocenters. The van der Waals surface area contributed by atoms with Crippen LogP contribution in [0.1, 0.15) is 80.7 Å². The van der Waals surface area contributed by atoms with Crippen LogP contribution in [0.2, 0.25) is 0 Å². The van der Waals surface area contributed by atoms with Gasteiger partial charge < -0.3 is 4.42 Å². The predicted octanol–water partition coefficient (Wildman–Crippen LogP) is 4.95. The van der Waals surface area contributed by atoms with Gasteiger partial charge in [-0.05, 0) is 30.9 Å². The van der Waals surface area contributed by atoms with Crippen LogP contribution < -0.4 is 0 Å². The van der Waals surface area contributed by atoms with E-state index in [1.54, 1.807) is 0 Å². The van der Waals surface area contributed by atoms with Crippen LogP contribution in [0.15, 0.2) is 10.5 Å². The zero-order valence-electron chi connectivity index (χ0n) is 11.8. The number of carbonyl (C=O) groups excluding carboxylic acids is 1. The first-order chi connectivity index (χ1) is 8.81. The number of rotatable bonds is 10. The monoisotopic (exact) mass is 250 g/mol. The van der Waals surface area contributed by atoms with Gasteiger partial charge in [-0.1, -0.05) is 46.0 Å². The van der Waals surface area contributed by atoms with Crippen LogP contribution in [-0.2, 0) is 12.8 Å². The molecule has 18 heavy (non-hydrogen) atoms. The minimum absolute atomic E-state index is 0.493. The second-order valence-corrected chi connectivity index (χ2v) is 4.98. The molecule has 0 aliphatic rings. The minimum atomic E-state index is 0.493. The third-order valence-electron chi connectivity index (χ3n) is 3.34. The molecule has 0 aliphatic carbocycles. The van der Waals surface area contributed by atoms with Crippen molar-refractivity contribution >= 4 is 6.29 Å². The molecule has 2 nitrogen and oxygen atoms in total. The highest BCUT2D eigenvalue weighted by atomic mass is 16.3. The van der Waals surface area contributed by atoms with Crippen molar-refractivity contribution in [1.29, 1.82) is 0 Å². The van der Waals surface area contributed by atoms with Crippen LogP contribution >= 0.6 is 0 Å². The van der Waals surface area contributed by atoms with Crippen LogP contribution in [0, 0.1) is 0 Å². The lowest BCUT2D eigenvalue weighted by molar-refractivity contribution is 0.109. The van der Waals surface area contributed by atoms with Crippen molar-refractivity contribution in [2.45, 2.75) is 71.6 Å². The molecule has 1 aromatic rings. The van der Waals surface area contributed by atoms with E-state index in [2.05, 4.69) is 13.8 Å². The Hall–Kier alpha value is -1.05. The smallest absolute Gasteiger partial charge is 0.185 e. The highest BCUT2D eigenvalue weighted by molar-refractivity contribution is 5.71. The normalized spacial score (nSPS) is 10.8. The second-order valence-electron chi connectivity index (χ2n) is 4.98. The molecule has 0 aliphatic heterocycles. The van der Waals surface area contributed by atoms with Crippen molar-refractivity contribution in [3.05, 3.63) is 23.2 Å². The van der Waals surface area contributed by atoms with E-state index < -0.39 is 0 Å². The van der Waals surface area contributed by atoms with Crippen LogP contribution in [-0.4, -0.2) is 6.29 Å². The summed E-state index contributed by atoms with van der Waals surface area (Å²) >= 11 is 0. The van der Waals surface area contributed by atoms with Crippen LogP contribution in [0.3, 0.4) is 0 Å². The third-order valence-corrected chi connectivity index (χ3v) is 3.34. The van der Waals surface area contributed by atoms with Crippen molar-refractivity contribution in [2.24, 2.45) is 0 Å². The van der Waals surface area contributed by atoms with Gasteiger partial charge in [0.1, 0.15) is 5.76 Å². The number of aldehydes is 1. The molecule has 0 bridgehead atoms. The number of aryl methyl sites for hydroxylation is 2. The SMILES string of the molecule is CCCCCCc1oc(C=O)cc1CCCCC. The molecule has 1 aromatic heterocycles. The lowest BCUT2D eigenvalue weighted by Crippen LogP contribution is -1.91. The molecule has 0 amide bonds. The molecule has 0 saturated heterocycles. The second kappa shape index (κ2) is 8.96. The first kappa shape index (κ1) is 15.0. The van der Waals surface area contributed by atoms with E-state index in [1.165, 1.54) is 50.5 Å². The summed E-state index contributed by atoms with van der Waals surface area (Å²) in [5, 5.41) is 0. The summed E-state index contributed by atoms with van der Waals surface area (Å²) in [4.78, 5) is 10.8. The van der Waals surface area contributed by atoms with E-state index >= 15 is 0 Å². The molecule has 0 radical (unpaired) electrons. The average Bonchev–Trinajstić information content (AvgIpc) is 2.78. The lowest BCUT2D eigenvalue weighted by Gasteiger charge is -2.02. The Morgan fingerprint density at radius 3 is 2.33 bits per heavy atom. The van der Waals surface area contributed by atoms with Gasteiger partial charge in [0.2, 0.25) is 0 Å². The predicted molar refractivity (Wildman–Crippen MR) is 75.2 cm³/mol. The summed E-state index contributed by atoms with van der Waals surface area (Å²) in [5.41, 5.74) is 1.25. The first-order valence-electron chi connectivity index (χ1n) is 7.38. The fraction of sp³-hybridized carbons (Fsp3) is 0.688. The van der Waals surface area contributed by atoms with Gasteiger partial charge in [-0.15, -0.1) is 0 Å². The number of furan rings is 1. The van der Waals surface area contributed by atoms with Gasteiger partial charge >= 0.3 is 0 Å². The van der Waals surface area contributed by atoms with Gasteiger partial charge in [-0.2, -0.15) is 0 Å². The molecule has 102 valence electrons. The van der Waals surface area contributed by atoms with Crippen molar-refractivity contribution in [3.8, 4) is 0 Å². The van der Waals surface area contributed by atoms with E-state index in [-0.39, 0.29) is 0 Å². The van der Waals surface area contributed by atoms with E-state index in [0.29, 0.717) is 5.76 Å². The van der Waals surface area contributed by atoms with Crippen molar-refractivity contribution in [3.63, 3.8) is 0 Å². The highest BCUT2D eigenvalue weighted by Crippen LogP contribution is 2.20. The Balaban J connectivity index is 2.51. The van der Waals surface area contributed by atoms with Gasteiger partial charge in [0.25, 0.3) is 0 Å². The molecule has 2 heteroatoms. The molecular weight excluding hydrogens is 224 g/mol. The Kier molecular flexibility index (Phi) is 7.47. The number of hydrogen-bond donors (Lipinski definition) is 0. The minimum Gasteiger partial charge on any atom is -0.458 e. The fourth-order valence-corrected chi connectivity index (χ4v) is 2.25. The summed E-state index contributed by atoms with van der Waals surface area (Å²) in [6, 6.07) is 1.93. The van der Waals surface area contributed by atoms with E-state index in [0.717, 1.165) is 24.9 Å². The van der Waals surface area contributed by atoms with Crippen LogP contribution in [0.25, 0.3) is 0 Å². The molecular formula is C16H26O2. The quantitative estimate of drug-likeness (QED) is 0.434. The maximum atomic E-state index is 10.8. The maximum absolute atomic E-state index is 10.8. The summed E-state index contributed by atoms with van der Waals surface area (Å²) in [5.74, 6) is 1.54. The van der Waals surface area contributed by atoms with E-state index in [1.807, 2.05) is 6.07 Å². The molecule has 1 rings (SSSR count). The van der Waals surface area contributed by atoms with Gasteiger partial charge in [0, 0.05) is 6.42 Å². The Bertz CT molecular complexity index is 339. The standard InChI is InChI=1S/C16H26O2/c1-3-5-7-9-11-16-14(10-8-6-4-2)12-15(13-17)18-16/h12-13H,3-11H2,1-2H3. The topological polar surface area (TPSA) is 30.2 Å². The number of hydrogen-bond acceptors (Lipinski definition) is 2. The summed E-state index contributed by atoms with van der Waals surface area (Å²) in [7, 11) is 0. The van der Waals surface area contributed by atoms with Crippen LogP contribution in [0.4, 0.5) is 0 Å². The van der Waals surface area contributed by atoms with Crippen molar-refractivity contribution in [1.82, 2.24) is 0 Å².